The predicted octanol–water partition coefficient (Wildman–Crippen LogP) is 7.96. The van der Waals surface area contributed by atoms with Gasteiger partial charge in [-0.3, -0.25) is 0 Å². The van der Waals surface area contributed by atoms with E-state index in [1.165, 1.54) is 5.56 Å². The lowest BCUT2D eigenvalue weighted by Gasteiger charge is -2.32. The highest BCUT2D eigenvalue weighted by Crippen LogP contribution is 2.33. The van der Waals surface area contributed by atoms with Gasteiger partial charge < -0.3 is 10.2 Å². The number of nitrogens with zero attached hydrogens (tertiary/aromatic N) is 1. The molecule has 4 aromatic carbocycles. The minimum Gasteiger partial charge on any atom is -0.381 e. The highest BCUT2D eigenvalue weighted by Gasteiger charge is 2.20. The lowest BCUT2D eigenvalue weighted by Crippen LogP contribution is -2.29. The summed E-state index contributed by atoms with van der Waals surface area (Å²) >= 11 is 0. The van der Waals surface area contributed by atoms with Crippen LogP contribution in [0.3, 0.4) is 0 Å². The predicted molar refractivity (Wildman–Crippen MR) is 149 cm³/mol. The maximum absolute atomic E-state index is 15.6. The number of nitrogens with one attached hydrogen (secondary N) is 1. The van der Waals surface area contributed by atoms with E-state index in [9.17, 15) is 4.39 Å². The van der Waals surface area contributed by atoms with Crippen LogP contribution in [0.5, 0.6) is 0 Å². The van der Waals surface area contributed by atoms with Gasteiger partial charge in [0.2, 0.25) is 0 Å². The van der Waals surface area contributed by atoms with Crippen molar-refractivity contribution in [3.05, 3.63) is 130 Å². The summed E-state index contributed by atoms with van der Waals surface area (Å²) in [6.45, 7) is 9.90. The summed E-state index contributed by atoms with van der Waals surface area (Å²) in [5, 5.41) is 3.33. The molecule has 37 heavy (non-hydrogen) atoms. The maximum Gasteiger partial charge on any atom is 0.136 e. The Balaban J connectivity index is 1.33. The molecule has 4 aromatic rings. The first-order valence-electron chi connectivity index (χ1n) is 12.8. The molecule has 0 fully saturated rings. The standard InChI is InChI=1S/C33H32F2N2/c1-22-8-4-5-11-29(22)30-12-6-9-28(33(30)35)21-37-17-7-10-27-19-26(15-16-32(27)37)24(3)36-20-25-14-13-23(2)31(34)18-25/h4-6,8-9,11-16,18-19,36H,3,7,10,17,20-21H2,1-2H3. The second kappa shape index (κ2) is 10.6. The minimum atomic E-state index is -0.195. The molecular weight excluding hydrogens is 462 g/mol. The summed E-state index contributed by atoms with van der Waals surface area (Å²) in [6, 6.07) is 25.3. The van der Waals surface area contributed by atoms with Gasteiger partial charge in [-0.1, -0.05) is 67.2 Å². The van der Waals surface area contributed by atoms with E-state index < -0.39 is 0 Å². The zero-order valence-electron chi connectivity index (χ0n) is 21.5. The van der Waals surface area contributed by atoms with Crippen molar-refractivity contribution in [2.24, 2.45) is 0 Å². The molecule has 0 amide bonds. The summed E-state index contributed by atoms with van der Waals surface area (Å²) in [4.78, 5) is 2.27. The van der Waals surface area contributed by atoms with Gasteiger partial charge in [-0.2, -0.15) is 0 Å². The molecule has 0 bridgehead atoms. The van der Waals surface area contributed by atoms with Crippen LogP contribution in [0.15, 0.2) is 85.4 Å². The minimum absolute atomic E-state index is 0.148. The van der Waals surface area contributed by atoms with Crippen molar-refractivity contribution in [3.8, 4) is 11.1 Å². The molecule has 1 N–H and O–H groups in total. The number of rotatable bonds is 7. The van der Waals surface area contributed by atoms with Crippen LogP contribution in [0.25, 0.3) is 16.8 Å². The Kier molecular flexibility index (Phi) is 7.09. The molecule has 0 saturated heterocycles. The van der Waals surface area contributed by atoms with Gasteiger partial charge >= 0.3 is 0 Å². The monoisotopic (exact) mass is 494 g/mol. The zero-order valence-corrected chi connectivity index (χ0v) is 21.5. The number of hydrogen-bond donors (Lipinski definition) is 1. The smallest absolute Gasteiger partial charge is 0.136 e. The molecule has 0 atom stereocenters. The summed E-state index contributed by atoms with van der Waals surface area (Å²) in [7, 11) is 0. The third-order valence-electron chi connectivity index (χ3n) is 7.26. The van der Waals surface area contributed by atoms with Crippen molar-refractivity contribution in [1.82, 2.24) is 5.32 Å². The first-order chi connectivity index (χ1) is 17.9. The molecule has 2 nitrogen and oxygen atoms in total. The summed E-state index contributed by atoms with van der Waals surface area (Å²) in [6.07, 6.45) is 1.99. The van der Waals surface area contributed by atoms with Gasteiger partial charge in [-0.05, 0) is 78.3 Å². The SMILES string of the molecule is C=C(NCc1ccc(C)c(F)c1)c1ccc2c(c1)CCCN2Cc1cccc(-c2ccccc2C)c1F. The Hall–Kier alpha value is -3.92. The second-order valence-electron chi connectivity index (χ2n) is 9.88. The topological polar surface area (TPSA) is 15.3 Å². The Labute approximate surface area is 218 Å². The fourth-order valence-corrected chi connectivity index (χ4v) is 5.07. The molecule has 0 aromatic heterocycles. The van der Waals surface area contributed by atoms with Crippen LogP contribution in [0.1, 0.15) is 39.8 Å². The third-order valence-corrected chi connectivity index (χ3v) is 7.26. The lowest BCUT2D eigenvalue weighted by atomic mass is 9.96. The molecule has 4 heteroatoms. The molecular formula is C33H32F2N2. The first-order valence-corrected chi connectivity index (χ1v) is 12.8. The van der Waals surface area contributed by atoms with Gasteiger partial charge in [0.05, 0.1) is 0 Å². The largest absolute Gasteiger partial charge is 0.381 e. The van der Waals surface area contributed by atoms with Crippen molar-refractivity contribution < 1.29 is 8.78 Å². The summed E-state index contributed by atoms with van der Waals surface area (Å²) in [5.41, 5.74) is 9.08. The van der Waals surface area contributed by atoms with Crippen LogP contribution in [-0.2, 0) is 19.5 Å². The molecule has 0 saturated carbocycles. The Morgan fingerprint density at radius 3 is 2.51 bits per heavy atom. The Bertz CT molecular complexity index is 1460. The summed E-state index contributed by atoms with van der Waals surface area (Å²) in [5.74, 6) is -0.342. The zero-order chi connectivity index (χ0) is 25.9. The summed E-state index contributed by atoms with van der Waals surface area (Å²) < 4.78 is 29.5. The molecule has 0 radical (unpaired) electrons. The van der Waals surface area contributed by atoms with Crippen LogP contribution in [0.2, 0.25) is 0 Å². The molecule has 1 aliphatic heterocycles. The van der Waals surface area contributed by atoms with Crippen molar-refractivity contribution in [1.29, 1.82) is 0 Å². The van der Waals surface area contributed by atoms with Gasteiger partial charge in [0.1, 0.15) is 11.6 Å². The normalized spacial score (nSPS) is 12.8. The number of halogens is 2. The second-order valence-corrected chi connectivity index (χ2v) is 9.88. The number of fused-ring (bicyclic) bond motifs is 1. The average molecular weight is 495 g/mol. The van der Waals surface area contributed by atoms with Crippen molar-refractivity contribution in [3.63, 3.8) is 0 Å². The van der Waals surface area contributed by atoms with Crippen LogP contribution < -0.4 is 10.2 Å². The molecule has 5 rings (SSSR count). The molecule has 188 valence electrons. The average Bonchev–Trinajstić information content (AvgIpc) is 2.90. The van der Waals surface area contributed by atoms with Gasteiger partial charge in [-0.15, -0.1) is 0 Å². The Morgan fingerprint density at radius 1 is 0.892 bits per heavy atom. The van der Waals surface area contributed by atoms with Gasteiger partial charge in [-0.25, -0.2) is 8.78 Å². The number of anilines is 1. The van der Waals surface area contributed by atoms with Crippen LogP contribution in [0, 0.1) is 25.5 Å². The van der Waals surface area contributed by atoms with Crippen molar-refractivity contribution in [2.45, 2.75) is 39.8 Å². The molecule has 0 aliphatic carbocycles. The molecule has 1 aliphatic rings. The van der Waals surface area contributed by atoms with Crippen LogP contribution in [-0.4, -0.2) is 6.54 Å². The van der Waals surface area contributed by atoms with Crippen molar-refractivity contribution in [2.75, 3.05) is 11.4 Å². The molecule has 0 unspecified atom stereocenters. The number of benzene rings is 4. The fourth-order valence-electron chi connectivity index (χ4n) is 5.07. The third kappa shape index (κ3) is 5.29. The van der Waals surface area contributed by atoms with Crippen molar-refractivity contribution >= 4 is 11.4 Å². The van der Waals surface area contributed by atoms with E-state index in [1.54, 1.807) is 19.1 Å². The highest BCUT2D eigenvalue weighted by atomic mass is 19.1. The van der Waals surface area contributed by atoms with E-state index >= 15 is 4.39 Å². The van der Waals surface area contributed by atoms with Gasteiger partial charge in [0.25, 0.3) is 0 Å². The van der Waals surface area contributed by atoms with E-state index in [4.69, 9.17) is 0 Å². The fraction of sp³-hybridized carbons (Fsp3) is 0.212. The van der Waals surface area contributed by atoms with Gasteiger partial charge in [0, 0.05) is 42.1 Å². The number of aryl methyl sites for hydroxylation is 3. The van der Waals surface area contributed by atoms with Gasteiger partial charge in [0.15, 0.2) is 0 Å². The van der Waals surface area contributed by atoms with Crippen LogP contribution in [0.4, 0.5) is 14.5 Å². The van der Waals surface area contributed by atoms with E-state index in [2.05, 4.69) is 35.0 Å². The van der Waals surface area contributed by atoms with Crippen LogP contribution >= 0.6 is 0 Å². The quantitative estimate of drug-likeness (QED) is 0.280. The Morgan fingerprint density at radius 2 is 1.70 bits per heavy atom. The first kappa shape index (κ1) is 24.8. The molecule has 1 heterocycles. The molecule has 0 spiro atoms. The highest BCUT2D eigenvalue weighted by molar-refractivity contribution is 5.70. The number of hydrogen-bond acceptors (Lipinski definition) is 2. The maximum atomic E-state index is 15.6. The van der Waals surface area contributed by atoms with E-state index in [-0.39, 0.29) is 11.6 Å². The van der Waals surface area contributed by atoms with E-state index in [1.807, 2.05) is 55.5 Å². The van der Waals surface area contributed by atoms with E-state index in [0.717, 1.165) is 53.0 Å². The lowest BCUT2D eigenvalue weighted by molar-refractivity contribution is 0.600. The van der Waals surface area contributed by atoms with E-state index in [0.29, 0.717) is 29.8 Å².